The smallest absolute Gasteiger partial charge is 0.339 e. The Labute approximate surface area is 121 Å². The van der Waals surface area contributed by atoms with E-state index in [1.54, 1.807) is 4.90 Å². The van der Waals surface area contributed by atoms with Crippen LogP contribution >= 0.6 is 0 Å². The minimum absolute atomic E-state index is 0.0256. The molecule has 1 saturated heterocycles. The number of sulfonamides is 1. The van der Waals surface area contributed by atoms with Crippen LogP contribution in [-0.2, 0) is 14.8 Å². The van der Waals surface area contributed by atoms with Crippen LogP contribution in [0.3, 0.4) is 0 Å². The predicted molar refractivity (Wildman–Crippen MR) is 69.6 cm³/mol. The number of rotatable bonds is 3. The second-order valence-corrected chi connectivity index (χ2v) is 7.65. The normalized spacial score (nSPS) is 31.7. The molecule has 0 spiro atoms. The summed E-state index contributed by atoms with van der Waals surface area (Å²) < 4.78 is 59.9. The Morgan fingerprint density at radius 3 is 2.24 bits per heavy atom. The average Bonchev–Trinajstić information content (AvgIpc) is 2.66. The van der Waals surface area contributed by atoms with Gasteiger partial charge in [-0.15, -0.1) is 0 Å². The third-order valence-corrected chi connectivity index (χ3v) is 5.24. The highest BCUT2D eigenvalue weighted by Gasteiger charge is 2.44. The van der Waals surface area contributed by atoms with Crippen LogP contribution in [0.5, 0.6) is 0 Å². The SMILES string of the molecule is NS(=O)(=O)CC1CC(=O)N(C2CCC(C(F)(F)F)CC2)C1. The molecule has 1 atom stereocenters. The van der Waals surface area contributed by atoms with E-state index in [2.05, 4.69) is 0 Å². The maximum Gasteiger partial charge on any atom is 0.391 e. The Hall–Kier alpha value is -0.830. The lowest BCUT2D eigenvalue weighted by Crippen LogP contribution is -2.41. The van der Waals surface area contributed by atoms with Gasteiger partial charge in [-0.1, -0.05) is 0 Å². The maximum atomic E-state index is 12.6. The van der Waals surface area contributed by atoms with Gasteiger partial charge in [0.1, 0.15) is 0 Å². The first-order valence-electron chi connectivity index (χ1n) is 6.93. The molecule has 1 aliphatic carbocycles. The van der Waals surface area contributed by atoms with Crippen molar-refractivity contribution in [2.45, 2.75) is 44.3 Å². The predicted octanol–water partition coefficient (Wildman–Crippen LogP) is 1.24. The Bertz CT molecular complexity index is 498. The fourth-order valence-electron chi connectivity index (χ4n) is 3.32. The van der Waals surface area contributed by atoms with Gasteiger partial charge in [-0.3, -0.25) is 4.79 Å². The molecular weight excluding hydrogens is 309 g/mol. The van der Waals surface area contributed by atoms with E-state index in [1.165, 1.54) is 0 Å². The molecule has 0 bridgehead atoms. The van der Waals surface area contributed by atoms with Crippen molar-refractivity contribution in [3.05, 3.63) is 0 Å². The van der Waals surface area contributed by atoms with Crippen molar-refractivity contribution in [3.63, 3.8) is 0 Å². The van der Waals surface area contributed by atoms with Crippen LogP contribution in [0.25, 0.3) is 0 Å². The molecule has 1 amide bonds. The maximum absolute atomic E-state index is 12.6. The quantitative estimate of drug-likeness (QED) is 0.846. The molecule has 122 valence electrons. The van der Waals surface area contributed by atoms with E-state index >= 15 is 0 Å². The van der Waals surface area contributed by atoms with Gasteiger partial charge in [0.25, 0.3) is 0 Å². The largest absolute Gasteiger partial charge is 0.391 e. The second kappa shape index (κ2) is 5.75. The van der Waals surface area contributed by atoms with Gasteiger partial charge in [0, 0.05) is 24.9 Å². The highest BCUT2D eigenvalue weighted by Crippen LogP contribution is 2.39. The zero-order valence-electron chi connectivity index (χ0n) is 11.5. The number of nitrogens with two attached hydrogens (primary N) is 1. The van der Waals surface area contributed by atoms with E-state index in [0.717, 1.165) is 0 Å². The number of nitrogens with zero attached hydrogens (tertiary/aromatic N) is 1. The first kappa shape index (κ1) is 16.5. The molecular formula is C12H19F3N2O3S. The van der Waals surface area contributed by atoms with E-state index < -0.39 is 22.1 Å². The summed E-state index contributed by atoms with van der Waals surface area (Å²) in [4.78, 5) is 13.5. The molecule has 0 aromatic heterocycles. The number of primary sulfonamides is 1. The van der Waals surface area contributed by atoms with E-state index in [0.29, 0.717) is 12.8 Å². The van der Waals surface area contributed by atoms with Crippen LogP contribution in [0, 0.1) is 11.8 Å². The highest BCUT2D eigenvalue weighted by molar-refractivity contribution is 7.89. The van der Waals surface area contributed by atoms with Crippen molar-refractivity contribution in [1.82, 2.24) is 4.90 Å². The standard InChI is InChI=1S/C12H19F3N2O3S/c13-12(14,15)9-1-3-10(4-2-9)17-6-8(5-11(17)18)7-21(16,19)20/h8-10H,1-7H2,(H2,16,19,20). The monoisotopic (exact) mass is 328 g/mol. The van der Waals surface area contributed by atoms with E-state index in [-0.39, 0.29) is 49.4 Å². The number of halogens is 3. The van der Waals surface area contributed by atoms with E-state index in [9.17, 15) is 26.4 Å². The van der Waals surface area contributed by atoms with Crippen LogP contribution in [0.4, 0.5) is 13.2 Å². The summed E-state index contributed by atoms with van der Waals surface area (Å²) in [7, 11) is -3.64. The van der Waals surface area contributed by atoms with Gasteiger partial charge in [-0.25, -0.2) is 13.6 Å². The van der Waals surface area contributed by atoms with Crippen LogP contribution < -0.4 is 5.14 Å². The Kier molecular flexibility index (Phi) is 4.53. The molecule has 0 aromatic carbocycles. The number of carbonyl (C=O) groups is 1. The summed E-state index contributed by atoms with van der Waals surface area (Å²) in [5.74, 6) is -2.08. The lowest BCUT2D eigenvalue weighted by Gasteiger charge is -2.35. The van der Waals surface area contributed by atoms with Gasteiger partial charge in [0.05, 0.1) is 11.7 Å². The molecule has 2 fully saturated rings. The summed E-state index contributed by atoms with van der Waals surface area (Å²) >= 11 is 0. The van der Waals surface area contributed by atoms with Gasteiger partial charge in [-0.05, 0) is 25.7 Å². The molecule has 2 rings (SSSR count). The minimum atomic E-state index is -4.17. The third kappa shape index (κ3) is 4.32. The number of hydrogen-bond acceptors (Lipinski definition) is 3. The Morgan fingerprint density at radius 2 is 1.76 bits per heavy atom. The molecule has 0 aromatic rings. The van der Waals surface area contributed by atoms with Crippen molar-refractivity contribution in [1.29, 1.82) is 0 Å². The van der Waals surface area contributed by atoms with Crippen molar-refractivity contribution in [2.24, 2.45) is 17.0 Å². The molecule has 0 radical (unpaired) electrons. The second-order valence-electron chi connectivity index (χ2n) is 5.99. The van der Waals surface area contributed by atoms with Crippen molar-refractivity contribution in [2.75, 3.05) is 12.3 Å². The number of likely N-dealkylation sites (tertiary alicyclic amines) is 1. The first-order chi connectivity index (χ1) is 9.56. The van der Waals surface area contributed by atoms with Crippen LogP contribution in [0.2, 0.25) is 0 Å². The average molecular weight is 328 g/mol. The lowest BCUT2D eigenvalue weighted by atomic mass is 9.85. The zero-order chi connectivity index (χ0) is 15.8. The number of alkyl halides is 3. The summed E-state index contributed by atoms with van der Waals surface area (Å²) in [6.07, 6.45) is -3.38. The summed E-state index contributed by atoms with van der Waals surface area (Å²) in [5, 5.41) is 4.97. The topological polar surface area (TPSA) is 80.5 Å². The molecule has 1 unspecified atom stereocenters. The van der Waals surface area contributed by atoms with Gasteiger partial charge < -0.3 is 4.90 Å². The first-order valence-corrected chi connectivity index (χ1v) is 8.64. The fourth-order valence-corrected chi connectivity index (χ4v) is 4.20. The Balaban J connectivity index is 1.91. The molecule has 1 heterocycles. The van der Waals surface area contributed by atoms with Gasteiger partial charge in [-0.2, -0.15) is 13.2 Å². The third-order valence-electron chi connectivity index (χ3n) is 4.31. The lowest BCUT2D eigenvalue weighted by molar-refractivity contribution is -0.184. The molecule has 21 heavy (non-hydrogen) atoms. The van der Waals surface area contributed by atoms with Gasteiger partial charge >= 0.3 is 6.18 Å². The van der Waals surface area contributed by atoms with Crippen molar-refractivity contribution in [3.8, 4) is 0 Å². The van der Waals surface area contributed by atoms with Crippen LogP contribution in [0.1, 0.15) is 32.1 Å². The molecule has 1 saturated carbocycles. The molecule has 9 heteroatoms. The zero-order valence-corrected chi connectivity index (χ0v) is 12.3. The van der Waals surface area contributed by atoms with Gasteiger partial charge in [0.2, 0.25) is 15.9 Å². The molecule has 1 aliphatic heterocycles. The van der Waals surface area contributed by atoms with Gasteiger partial charge in [0.15, 0.2) is 0 Å². The fraction of sp³-hybridized carbons (Fsp3) is 0.917. The number of carbonyl (C=O) groups excluding carboxylic acids is 1. The molecule has 2 aliphatic rings. The van der Waals surface area contributed by atoms with Crippen LogP contribution in [-0.4, -0.2) is 43.7 Å². The van der Waals surface area contributed by atoms with E-state index in [1.807, 2.05) is 0 Å². The number of amides is 1. The summed E-state index contributed by atoms with van der Waals surface area (Å²) in [6, 6.07) is -0.207. The Morgan fingerprint density at radius 1 is 1.19 bits per heavy atom. The number of hydrogen-bond donors (Lipinski definition) is 1. The van der Waals surface area contributed by atoms with Crippen molar-refractivity contribution >= 4 is 15.9 Å². The highest BCUT2D eigenvalue weighted by atomic mass is 32.2. The van der Waals surface area contributed by atoms with Crippen LogP contribution in [0.15, 0.2) is 0 Å². The van der Waals surface area contributed by atoms with Crippen molar-refractivity contribution < 1.29 is 26.4 Å². The summed E-state index contributed by atoms with van der Waals surface area (Å²) in [6.45, 7) is 0.274. The molecule has 5 nitrogen and oxygen atoms in total. The molecule has 2 N–H and O–H groups in total. The summed E-state index contributed by atoms with van der Waals surface area (Å²) in [5.41, 5.74) is 0. The van der Waals surface area contributed by atoms with E-state index in [4.69, 9.17) is 5.14 Å². The minimum Gasteiger partial charge on any atom is -0.339 e.